The third kappa shape index (κ3) is 5.80. The lowest BCUT2D eigenvalue weighted by atomic mass is 10.1. The van der Waals surface area contributed by atoms with E-state index in [1.807, 2.05) is 30.3 Å². The number of hydrogen-bond acceptors (Lipinski definition) is 7. The molecular weight excluding hydrogens is 458 g/mol. The third-order valence-corrected chi connectivity index (χ3v) is 6.16. The number of aromatic hydroxyl groups is 2. The minimum absolute atomic E-state index is 0.0374. The second-order valence-corrected chi connectivity index (χ2v) is 8.55. The van der Waals surface area contributed by atoms with Crippen LogP contribution in [0.4, 0.5) is 0 Å². The van der Waals surface area contributed by atoms with E-state index in [4.69, 9.17) is 13.9 Å². The van der Waals surface area contributed by atoms with E-state index in [1.165, 1.54) is 23.8 Å². The van der Waals surface area contributed by atoms with Gasteiger partial charge in [0.1, 0.15) is 17.3 Å². The second kappa shape index (κ2) is 11.6. The van der Waals surface area contributed by atoms with E-state index in [0.717, 1.165) is 44.0 Å². The maximum atomic E-state index is 12.4. The van der Waals surface area contributed by atoms with Crippen LogP contribution in [0.3, 0.4) is 0 Å². The molecule has 0 atom stereocenters. The molecule has 1 aromatic heterocycles. The number of nitrogens with zero attached hydrogens (tertiary/aromatic N) is 1. The van der Waals surface area contributed by atoms with E-state index < -0.39 is 5.75 Å². The van der Waals surface area contributed by atoms with Crippen LogP contribution in [0.15, 0.2) is 75.9 Å². The van der Waals surface area contributed by atoms with Crippen LogP contribution < -0.4 is 14.9 Å². The summed E-state index contributed by atoms with van der Waals surface area (Å²) in [6, 6.07) is 19.4. The van der Waals surface area contributed by atoms with Gasteiger partial charge >= 0.3 is 0 Å². The molecule has 4 rings (SSSR count). The van der Waals surface area contributed by atoms with Gasteiger partial charge in [-0.05, 0) is 68.4 Å². The van der Waals surface area contributed by atoms with Crippen molar-refractivity contribution in [2.75, 3.05) is 26.8 Å². The van der Waals surface area contributed by atoms with Gasteiger partial charge in [0, 0.05) is 23.7 Å². The highest BCUT2D eigenvalue weighted by atomic mass is 16.5. The molecule has 0 aliphatic rings. The van der Waals surface area contributed by atoms with Gasteiger partial charge in [-0.15, -0.1) is 0 Å². The highest BCUT2D eigenvalue weighted by molar-refractivity contribution is 5.86. The van der Waals surface area contributed by atoms with Crippen molar-refractivity contribution in [3.05, 3.63) is 82.5 Å². The van der Waals surface area contributed by atoms with Gasteiger partial charge in [0.15, 0.2) is 16.8 Å². The minimum atomic E-state index is -0.448. The molecule has 36 heavy (non-hydrogen) atoms. The first-order chi connectivity index (χ1) is 17.5. The standard InChI is InChI=1S/C29H31NO6/c1-3-30(19-21-8-4-5-9-26(21)34-2)16-6-7-17-35-22-12-10-20(11-13-22)27-18-25(32)23-14-15-24(31)28(33)29(23)36-27/h4-5,8-15,18,31,33H,3,6-7,16-17,19H2,1-2H3. The Labute approximate surface area is 210 Å². The fourth-order valence-electron chi connectivity index (χ4n) is 4.10. The van der Waals surface area contributed by atoms with Gasteiger partial charge in [-0.25, -0.2) is 0 Å². The first-order valence-electron chi connectivity index (χ1n) is 12.1. The lowest BCUT2D eigenvalue weighted by molar-refractivity contribution is 0.249. The summed E-state index contributed by atoms with van der Waals surface area (Å²) in [5.41, 5.74) is 1.52. The first kappa shape index (κ1) is 25.1. The Hall–Kier alpha value is -3.97. The number of unbranched alkanes of at least 4 members (excludes halogenated alkanes) is 1. The minimum Gasteiger partial charge on any atom is -0.504 e. The molecular formula is C29H31NO6. The summed E-state index contributed by atoms with van der Waals surface area (Å²) in [5, 5.41) is 20.0. The lowest BCUT2D eigenvalue weighted by Crippen LogP contribution is -2.24. The Bertz CT molecular complexity index is 1360. The van der Waals surface area contributed by atoms with Crippen molar-refractivity contribution in [1.82, 2.24) is 4.90 Å². The molecule has 1 heterocycles. The molecule has 7 nitrogen and oxygen atoms in total. The first-order valence-corrected chi connectivity index (χ1v) is 12.1. The fraction of sp³-hybridized carbons (Fsp3) is 0.276. The van der Waals surface area contributed by atoms with Gasteiger partial charge in [-0.2, -0.15) is 0 Å². The highest BCUT2D eigenvalue weighted by Crippen LogP contribution is 2.34. The number of para-hydroxylation sites is 1. The molecule has 0 bridgehead atoms. The average Bonchev–Trinajstić information content (AvgIpc) is 2.90. The number of ether oxygens (including phenoxy) is 2. The van der Waals surface area contributed by atoms with E-state index >= 15 is 0 Å². The van der Waals surface area contributed by atoms with Crippen LogP contribution in [-0.2, 0) is 6.54 Å². The molecule has 0 aliphatic carbocycles. The van der Waals surface area contributed by atoms with Gasteiger partial charge < -0.3 is 24.1 Å². The molecule has 0 radical (unpaired) electrons. The Balaban J connectivity index is 1.30. The van der Waals surface area contributed by atoms with Crippen molar-refractivity contribution in [1.29, 1.82) is 0 Å². The number of phenolic OH excluding ortho intramolecular Hbond substituents is 2. The average molecular weight is 490 g/mol. The van der Waals surface area contributed by atoms with Gasteiger partial charge in [0.25, 0.3) is 0 Å². The monoisotopic (exact) mass is 489 g/mol. The van der Waals surface area contributed by atoms with Crippen molar-refractivity contribution in [2.45, 2.75) is 26.3 Å². The SMILES string of the molecule is CCN(CCCCOc1ccc(-c2cc(=O)c3ccc(O)c(O)c3o2)cc1)Cc1ccccc1OC. The molecule has 7 heteroatoms. The van der Waals surface area contributed by atoms with Gasteiger partial charge in [0.2, 0.25) is 5.75 Å². The summed E-state index contributed by atoms with van der Waals surface area (Å²) in [6.45, 7) is 5.55. The van der Waals surface area contributed by atoms with Crippen LogP contribution >= 0.6 is 0 Å². The summed E-state index contributed by atoms with van der Waals surface area (Å²) in [7, 11) is 1.70. The Morgan fingerprint density at radius 3 is 2.50 bits per heavy atom. The topological polar surface area (TPSA) is 92.4 Å². The Morgan fingerprint density at radius 2 is 1.75 bits per heavy atom. The molecule has 0 aliphatic heterocycles. The smallest absolute Gasteiger partial charge is 0.201 e. The molecule has 0 unspecified atom stereocenters. The normalized spacial score (nSPS) is 11.2. The van der Waals surface area contributed by atoms with Gasteiger partial charge in [-0.3, -0.25) is 9.69 Å². The van der Waals surface area contributed by atoms with E-state index in [0.29, 0.717) is 17.9 Å². The third-order valence-electron chi connectivity index (χ3n) is 6.16. The van der Waals surface area contributed by atoms with Crippen LogP contribution in [-0.4, -0.2) is 41.9 Å². The van der Waals surface area contributed by atoms with E-state index in [-0.39, 0.29) is 22.1 Å². The van der Waals surface area contributed by atoms with Crippen molar-refractivity contribution in [3.8, 4) is 34.3 Å². The number of benzene rings is 3. The molecule has 188 valence electrons. The maximum absolute atomic E-state index is 12.4. The number of rotatable bonds is 11. The molecule has 0 fully saturated rings. The summed E-state index contributed by atoms with van der Waals surface area (Å²) in [4.78, 5) is 14.8. The van der Waals surface area contributed by atoms with Crippen molar-refractivity contribution in [3.63, 3.8) is 0 Å². The molecule has 0 saturated carbocycles. The zero-order chi connectivity index (χ0) is 25.5. The molecule has 3 aromatic carbocycles. The van der Waals surface area contributed by atoms with Crippen molar-refractivity contribution < 1.29 is 24.1 Å². The van der Waals surface area contributed by atoms with Crippen LogP contribution in [0.2, 0.25) is 0 Å². The highest BCUT2D eigenvalue weighted by Gasteiger charge is 2.13. The van der Waals surface area contributed by atoms with E-state index in [2.05, 4.69) is 17.9 Å². The summed E-state index contributed by atoms with van der Waals surface area (Å²) in [6.07, 6.45) is 1.94. The summed E-state index contributed by atoms with van der Waals surface area (Å²) >= 11 is 0. The molecule has 0 saturated heterocycles. The molecule has 0 spiro atoms. The van der Waals surface area contributed by atoms with Crippen molar-refractivity contribution >= 4 is 11.0 Å². The van der Waals surface area contributed by atoms with Crippen molar-refractivity contribution in [2.24, 2.45) is 0 Å². The maximum Gasteiger partial charge on any atom is 0.201 e. The quantitative estimate of drug-likeness (QED) is 0.210. The van der Waals surface area contributed by atoms with Crippen LogP contribution in [0.5, 0.6) is 23.0 Å². The van der Waals surface area contributed by atoms with Crippen LogP contribution in [0.1, 0.15) is 25.3 Å². The molecule has 4 aromatic rings. The lowest BCUT2D eigenvalue weighted by Gasteiger charge is -2.21. The molecule has 2 N–H and O–H groups in total. The number of methoxy groups -OCH3 is 1. The second-order valence-electron chi connectivity index (χ2n) is 8.55. The zero-order valence-electron chi connectivity index (χ0n) is 20.6. The summed E-state index contributed by atoms with van der Waals surface area (Å²) < 4.78 is 17.1. The number of fused-ring (bicyclic) bond motifs is 1. The number of hydrogen-bond donors (Lipinski definition) is 2. The van der Waals surface area contributed by atoms with Gasteiger partial charge in [-0.1, -0.05) is 25.1 Å². The van der Waals surface area contributed by atoms with Crippen LogP contribution in [0.25, 0.3) is 22.3 Å². The zero-order valence-corrected chi connectivity index (χ0v) is 20.6. The van der Waals surface area contributed by atoms with E-state index in [9.17, 15) is 15.0 Å². The Kier molecular flexibility index (Phi) is 8.13. The van der Waals surface area contributed by atoms with E-state index in [1.54, 1.807) is 19.2 Å². The summed E-state index contributed by atoms with van der Waals surface area (Å²) in [5.74, 6) is 1.16. The van der Waals surface area contributed by atoms with Gasteiger partial charge in [0.05, 0.1) is 19.1 Å². The number of phenols is 2. The molecule has 0 amide bonds. The van der Waals surface area contributed by atoms with Crippen LogP contribution in [0, 0.1) is 0 Å². The Morgan fingerprint density at radius 1 is 0.972 bits per heavy atom. The predicted octanol–water partition coefficient (Wildman–Crippen LogP) is 5.56. The fourth-order valence-corrected chi connectivity index (χ4v) is 4.10. The largest absolute Gasteiger partial charge is 0.504 e. The predicted molar refractivity (Wildman–Crippen MR) is 140 cm³/mol.